The summed E-state index contributed by atoms with van der Waals surface area (Å²) in [7, 11) is -4.12. The summed E-state index contributed by atoms with van der Waals surface area (Å²) in [6, 6.07) is 8.41. The van der Waals surface area contributed by atoms with Crippen LogP contribution in [0.15, 0.2) is 60.0 Å². The van der Waals surface area contributed by atoms with E-state index >= 15 is 0 Å². The molecule has 0 aliphatic carbocycles. The van der Waals surface area contributed by atoms with Crippen molar-refractivity contribution in [1.29, 1.82) is 0 Å². The average Bonchev–Trinajstić information content (AvgIpc) is 2.67. The molecular formula is C19H19F2NO5S. The van der Waals surface area contributed by atoms with Gasteiger partial charge in [-0.1, -0.05) is 6.08 Å². The second-order valence-corrected chi connectivity index (χ2v) is 7.31. The van der Waals surface area contributed by atoms with E-state index in [9.17, 15) is 22.0 Å². The van der Waals surface area contributed by atoms with Crippen LogP contribution in [0.1, 0.15) is 16.8 Å². The summed E-state index contributed by atoms with van der Waals surface area (Å²) < 4.78 is 63.3. The molecule has 150 valence electrons. The van der Waals surface area contributed by atoms with Crippen molar-refractivity contribution in [2.45, 2.75) is 11.3 Å². The van der Waals surface area contributed by atoms with Gasteiger partial charge >= 0.3 is 5.97 Å². The molecule has 0 aromatic heterocycles. The minimum atomic E-state index is -4.12. The molecule has 2 aromatic rings. The number of esters is 1. The minimum absolute atomic E-state index is 0.00814. The third-order valence-electron chi connectivity index (χ3n) is 3.48. The van der Waals surface area contributed by atoms with Gasteiger partial charge in [0.2, 0.25) is 10.0 Å². The number of sulfonamides is 1. The van der Waals surface area contributed by atoms with E-state index in [2.05, 4.69) is 11.3 Å². The number of carbonyl (C=O) groups is 1. The molecule has 0 unspecified atom stereocenters. The number of hydrogen-bond donors (Lipinski definition) is 1. The number of ether oxygens (including phenoxy) is 2. The second-order valence-electron chi connectivity index (χ2n) is 5.58. The number of halogens is 2. The molecule has 2 aromatic carbocycles. The Labute approximate surface area is 161 Å². The molecule has 0 aliphatic rings. The van der Waals surface area contributed by atoms with Gasteiger partial charge in [0, 0.05) is 13.0 Å². The molecule has 0 atom stereocenters. The Morgan fingerprint density at radius 2 is 1.82 bits per heavy atom. The zero-order valence-corrected chi connectivity index (χ0v) is 15.7. The van der Waals surface area contributed by atoms with Crippen molar-refractivity contribution in [2.24, 2.45) is 0 Å². The van der Waals surface area contributed by atoms with E-state index in [1.54, 1.807) is 0 Å². The number of rotatable bonds is 10. The third-order valence-corrected chi connectivity index (χ3v) is 4.92. The maximum Gasteiger partial charge on any atom is 0.338 e. The van der Waals surface area contributed by atoms with Gasteiger partial charge in [0.1, 0.15) is 22.3 Å². The third kappa shape index (κ3) is 6.14. The van der Waals surface area contributed by atoms with Crippen LogP contribution in [0.2, 0.25) is 0 Å². The fourth-order valence-corrected chi connectivity index (χ4v) is 3.21. The van der Waals surface area contributed by atoms with Crippen molar-refractivity contribution in [3.63, 3.8) is 0 Å². The molecule has 0 radical (unpaired) electrons. The summed E-state index contributed by atoms with van der Waals surface area (Å²) in [6.45, 7) is 3.53. The standard InChI is InChI=1S/C19H19F2NO5S/c1-2-10-22-28(24,25)18-13-14(4-9-17(18)21)19(23)27-12-3-11-26-16-7-5-15(20)6-8-16/h2,4-9,13,22H,1,3,10-12H2. The summed E-state index contributed by atoms with van der Waals surface area (Å²) in [5.74, 6) is -1.67. The molecular weight excluding hydrogens is 392 g/mol. The van der Waals surface area contributed by atoms with E-state index in [4.69, 9.17) is 9.47 Å². The highest BCUT2D eigenvalue weighted by atomic mass is 32.2. The molecule has 0 heterocycles. The van der Waals surface area contributed by atoms with Crippen LogP contribution in [-0.4, -0.2) is 34.1 Å². The van der Waals surface area contributed by atoms with Crippen molar-refractivity contribution in [3.05, 3.63) is 72.3 Å². The first-order chi connectivity index (χ1) is 13.3. The Balaban J connectivity index is 1.89. The Morgan fingerprint density at radius 3 is 2.50 bits per heavy atom. The second kappa shape index (κ2) is 9.95. The van der Waals surface area contributed by atoms with Gasteiger partial charge in [-0.2, -0.15) is 0 Å². The van der Waals surface area contributed by atoms with Gasteiger partial charge in [0.25, 0.3) is 0 Å². The predicted octanol–water partition coefficient (Wildman–Crippen LogP) is 3.06. The Kier molecular flexibility index (Phi) is 7.65. The molecule has 0 bridgehead atoms. The van der Waals surface area contributed by atoms with Crippen molar-refractivity contribution in [3.8, 4) is 5.75 Å². The van der Waals surface area contributed by atoms with Crippen molar-refractivity contribution < 1.29 is 31.5 Å². The maximum atomic E-state index is 13.9. The van der Waals surface area contributed by atoms with Crippen LogP contribution in [0.5, 0.6) is 5.75 Å². The fourth-order valence-electron chi connectivity index (χ4n) is 2.11. The van der Waals surface area contributed by atoms with Crippen LogP contribution < -0.4 is 9.46 Å². The van der Waals surface area contributed by atoms with E-state index in [-0.39, 0.29) is 31.1 Å². The Morgan fingerprint density at radius 1 is 1.11 bits per heavy atom. The van der Waals surface area contributed by atoms with Gasteiger partial charge in [-0.15, -0.1) is 6.58 Å². The van der Waals surface area contributed by atoms with Gasteiger partial charge in [0.15, 0.2) is 0 Å². The van der Waals surface area contributed by atoms with Crippen LogP contribution >= 0.6 is 0 Å². The van der Waals surface area contributed by atoms with E-state index in [1.807, 2.05) is 0 Å². The highest BCUT2D eigenvalue weighted by Crippen LogP contribution is 2.17. The number of carbonyl (C=O) groups excluding carboxylic acids is 1. The zero-order valence-electron chi connectivity index (χ0n) is 14.9. The molecule has 0 saturated carbocycles. The van der Waals surface area contributed by atoms with Gasteiger partial charge in [0.05, 0.1) is 18.8 Å². The molecule has 0 aliphatic heterocycles. The summed E-state index contributed by atoms with van der Waals surface area (Å²) in [4.78, 5) is 11.4. The first kappa shape index (κ1) is 21.5. The van der Waals surface area contributed by atoms with Crippen LogP contribution in [0.4, 0.5) is 8.78 Å². The smallest absolute Gasteiger partial charge is 0.338 e. The van der Waals surface area contributed by atoms with E-state index in [0.29, 0.717) is 12.2 Å². The van der Waals surface area contributed by atoms with Crippen molar-refractivity contribution in [2.75, 3.05) is 19.8 Å². The number of nitrogens with one attached hydrogen (secondary N) is 1. The molecule has 0 spiro atoms. The highest BCUT2D eigenvalue weighted by molar-refractivity contribution is 7.89. The molecule has 0 fully saturated rings. The van der Waals surface area contributed by atoms with Crippen LogP contribution in [0.25, 0.3) is 0 Å². The largest absolute Gasteiger partial charge is 0.493 e. The number of benzene rings is 2. The van der Waals surface area contributed by atoms with Gasteiger partial charge in [-0.05, 0) is 42.5 Å². The summed E-state index contributed by atoms with van der Waals surface area (Å²) in [5, 5.41) is 0. The minimum Gasteiger partial charge on any atom is -0.493 e. The monoisotopic (exact) mass is 411 g/mol. The van der Waals surface area contributed by atoms with E-state index in [0.717, 1.165) is 18.2 Å². The van der Waals surface area contributed by atoms with Crippen molar-refractivity contribution in [1.82, 2.24) is 4.72 Å². The number of hydrogen-bond acceptors (Lipinski definition) is 5. The topological polar surface area (TPSA) is 81.7 Å². The van der Waals surface area contributed by atoms with Gasteiger partial charge in [-0.3, -0.25) is 0 Å². The van der Waals surface area contributed by atoms with Gasteiger partial charge in [-0.25, -0.2) is 26.7 Å². The first-order valence-electron chi connectivity index (χ1n) is 8.29. The molecule has 1 N–H and O–H groups in total. The normalized spacial score (nSPS) is 11.1. The maximum absolute atomic E-state index is 13.9. The molecule has 28 heavy (non-hydrogen) atoms. The predicted molar refractivity (Wildman–Crippen MR) is 98.6 cm³/mol. The van der Waals surface area contributed by atoms with Crippen LogP contribution in [0.3, 0.4) is 0 Å². The molecule has 0 saturated heterocycles. The lowest BCUT2D eigenvalue weighted by atomic mass is 10.2. The summed E-state index contributed by atoms with van der Waals surface area (Å²) in [5.41, 5.74) is -0.0974. The first-order valence-corrected chi connectivity index (χ1v) is 9.77. The molecule has 9 heteroatoms. The van der Waals surface area contributed by atoms with Crippen LogP contribution in [-0.2, 0) is 14.8 Å². The van der Waals surface area contributed by atoms with Crippen molar-refractivity contribution >= 4 is 16.0 Å². The average molecular weight is 411 g/mol. The zero-order chi connectivity index (χ0) is 20.6. The quantitative estimate of drug-likeness (QED) is 0.369. The fraction of sp³-hybridized carbons (Fsp3) is 0.211. The molecule has 0 amide bonds. The Bertz CT molecular complexity index is 930. The Hall–Kier alpha value is -2.78. The molecule has 2 rings (SSSR count). The summed E-state index contributed by atoms with van der Waals surface area (Å²) >= 11 is 0. The molecule has 6 nitrogen and oxygen atoms in total. The van der Waals surface area contributed by atoms with Gasteiger partial charge < -0.3 is 9.47 Å². The van der Waals surface area contributed by atoms with Crippen LogP contribution in [0, 0.1) is 11.6 Å². The SMILES string of the molecule is C=CCNS(=O)(=O)c1cc(C(=O)OCCCOc2ccc(F)cc2)ccc1F. The van der Waals surface area contributed by atoms with E-state index in [1.165, 1.54) is 30.3 Å². The lowest BCUT2D eigenvalue weighted by Crippen LogP contribution is -2.25. The lowest BCUT2D eigenvalue weighted by Gasteiger charge is -2.09. The highest BCUT2D eigenvalue weighted by Gasteiger charge is 2.21. The summed E-state index contributed by atoms with van der Waals surface area (Å²) in [6.07, 6.45) is 1.66. The van der Waals surface area contributed by atoms with E-state index < -0.39 is 26.7 Å². The lowest BCUT2D eigenvalue weighted by molar-refractivity contribution is 0.0485.